The minimum atomic E-state index is -2.16. The van der Waals surface area contributed by atoms with Gasteiger partial charge in [0.05, 0.1) is 25.4 Å². The zero-order valence-corrected chi connectivity index (χ0v) is 24.2. The summed E-state index contributed by atoms with van der Waals surface area (Å²) in [5.41, 5.74) is 1.09. The third kappa shape index (κ3) is 8.54. The van der Waals surface area contributed by atoms with Gasteiger partial charge in [-0.1, -0.05) is 78.0 Å². The summed E-state index contributed by atoms with van der Waals surface area (Å²) in [7, 11) is -4.16. The highest BCUT2D eigenvalue weighted by Crippen LogP contribution is 2.39. The lowest BCUT2D eigenvalue weighted by atomic mass is 10.1. The van der Waals surface area contributed by atoms with Gasteiger partial charge in [-0.15, -0.1) is 6.58 Å². The molecule has 0 aliphatic carbocycles. The lowest BCUT2D eigenvalue weighted by Gasteiger charge is -2.44. The quantitative estimate of drug-likeness (QED) is 0.260. The summed E-state index contributed by atoms with van der Waals surface area (Å²) in [4.78, 5) is 0. The molecule has 0 bridgehead atoms. The molecule has 0 aromatic heterocycles. The average molecular weight is 481 g/mol. The molecule has 1 aromatic rings. The van der Waals surface area contributed by atoms with E-state index in [1.54, 1.807) is 6.08 Å². The number of aliphatic hydroxyl groups excluding tert-OH is 1. The van der Waals surface area contributed by atoms with Crippen LogP contribution < -0.4 is 0 Å². The van der Waals surface area contributed by atoms with E-state index in [-0.39, 0.29) is 16.2 Å². The van der Waals surface area contributed by atoms with Crippen molar-refractivity contribution in [1.29, 1.82) is 0 Å². The SMILES string of the molecule is C=CC[C@H](O)[C@H](O[Si](C)(C)C(C)(C)C)[C@@H](CO[Si](C)(C)C(C)(C)C)OCc1ccccc1. The van der Waals surface area contributed by atoms with Crippen LogP contribution in [0.25, 0.3) is 0 Å². The fourth-order valence-electron chi connectivity index (χ4n) is 2.75. The predicted molar refractivity (Wildman–Crippen MR) is 141 cm³/mol. The highest BCUT2D eigenvalue weighted by Gasteiger charge is 2.44. The highest BCUT2D eigenvalue weighted by atomic mass is 28.4. The van der Waals surface area contributed by atoms with Gasteiger partial charge < -0.3 is 18.7 Å². The van der Waals surface area contributed by atoms with Crippen LogP contribution in [0, 0.1) is 0 Å². The van der Waals surface area contributed by atoms with E-state index in [1.807, 2.05) is 18.2 Å². The van der Waals surface area contributed by atoms with Crippen LogP contribution in [0.15, 0.2) is 43.0 Å². The fraction of sp³-hybridized carbons (Fsp3) is 0.692. The van der Waals surface area contributed by atoms with Gasteiger partial charge in [0, 0.05) is 0 Å². The first-order valence-corrected chi connectivity index (χ1v) is 17.6. The maximum atomic E-state index is 11.1. The molecule has 0 saturated heterocycles. The molecule has 0 amide bonds. The second-order valence-electron chi connectivity index (χ2n) is 11.8. The molecule has 0 fully saturated rings. The molecular weight excluding hydrogens is 432 g/mol. The number of hydrogen-bond donors (Lipinski definition) is 1. The summed E-state index contributed by atoms with van der Waals surface area (Å²) in [6.45, 7) is 26.9. The summed E-state index contributed by atoms with van der Waals surface area (Å²) >= 11 is 0. The Hall–Kier alpha value is -0.766. The van der Waals surface area contributed by atoms with Crippen LogP contribution >= 0.6 is 0 Å². The molecule has 1 N–H and O–H groups in total. The molecule has 0 aliphatic rings. The third-order valence-corrected chi connectivity index (χ3v) is 16.1. The van der Waals surface area contributed by atoms with E-state index in [9.17, 15) is 5.11 Å². The Morgan fingerprint density at radius 2 is 1.47 bits per heavy atom. The molecule has 0 saturated carbocycles. The lowest BCUT2D eigenvalue weighted by Crippen LogP contribution is -2.54. The van der Waals surface area contributed by atoms with Crippen molar-refractivity contribution >= 4 is 16.6 Å². The second-order valence-corrected chi connectivity index (χ2v) is 21.4. The highest BCUT2D eigenvalue weighted by molar-refractivity contribution is 6.74. The van der Waals surface area contributed by atoms with Crippen LogP contribution in [0.3, 0.4) is 0 Å². The van der Waals surface area contributed by atoms with Crippen molar-refractivity contribution < 1.29 is 18.7 Å². The normalized spacial score (nSPS) is 16.5. The Labute approximate surface area is 199 Å². The van der Waals surface area contributed by atoms with Crippen molar-refractivity contribution in [3.05, 3.63) is 48.6 Å². The van der Waals surface area contributed by atoms with Gasteiger partial charge in [-0.05, 0) is 48.2 Å². The molecule has 184 valence electrons. The van der Waals surface area contributed by atoms with Gasteiger partial charge in [-0.3, -0.25) is 0 Å². The van der Waals surface area contributed by atoms with Crippen molar-refractivity contribution in [2.75, 3.05) is 6.61 Å². The largest absolute Gasteiger partial charge is 0.414 e. The minimum absolute atomic E-state index is 0.0173. The van der Waals surface area contributed by atoms with Crippen LogP contribution in [0.5, 0.6) is 0 Å². The van der Waals surface area contributed by atoms with E-state index in [0.29, 0.717) is 19.6 Å². The summed E-state index contributed by atoms with van der Waals surface area (Å²) in [6, 6.07) is 10.1. The van der Waals surface area contributed by atoms with Gasteiger partial charge in [0.25, 0.3) is 0 Å². The predicted octanol–water partition coefficient (Wildman–Crippen LogP) is 6.92. The third-order valence-electron chi connectivity index (χ3n) is 7.11. The van der Waals surface area contributed by atoms with Crippen LogP contribution in [0.4, 0.5) is 0 Å². The molecule has 0 radical (unpaired) electrons. The fourth-order valence-corrected chi connectivity index (χ4v) is 5.10. The second kappa shape index (κ2) is 11.6. The zero-order valence-electron chi connectivity index (χ0n) is 22.2. The van der Waals surface area contributed by atoms with Crippen LogP contribution in [0.1, 0.15) is 53.5 Å². The van der Waals surface area contributed by atoms with Gasteiger partial charge >= 0.3 is 0 Å². The molecule has 0 aliphatic heterocycles. The summed E-state index contributed by atoms with van der Waals surface area (Å²) in [6.07, 6.45) is 0.626. The van der Waals surface area contributed by atoms with E-state index >= 15 is 0 Å². The Kier molecular flexibility index (Phi) is 10.6. The van der Waals surface area contributed by atoms with E-state index in [2.05, 4.69) is 86.4 Å². The molecule has 0 heterocycles. The maximum absolute atomic E-state index is 11.1. The monoisotopic (exact) mass is 480 g/mol. The maximum Gasteiger partial charge on any atom is 0.192 e. The van der Waals surface area contributed by atoms with Crippen LogP contribution in [-0.2, 0) is 20.2 Å². The zero-order chi connectivity index (χ0) is 24.8. The van der Waals surface area contributed by atoms with Gasteiger partial charge in [0.15, 0.2) is 16.6 Å². The van der Waals surface area contributed by atoms with E-state index in [1.165, 1.54) is 0 Å². The topological polar surface area (TPSA) is 47.9 Å². The molecule has 0 unspecified atom stereocenters. The summed E-state index contributed by atoms with van der Waals surface area (Å²) in [5, 5.41) is 11.2. The molecule has 32 heavy (non-hydrogen) atoms. The van der Waals surface area contributed by atoms with E-state index in [0.717, 1.165) is 5.56 Å². The van der Waals surface area contributed by atoms with Crippen molar-refractivity contribution in [3.63, 3.8) is 0 Å². The average Bonchev–Trinajstić information content (AvgIpc) is 2.65. The number of hydrogen-bond acceptors (Lipinski definition) is 4. The Morgan fingerprint density at radius 1 is 0.938 bits per heavy atom. The van der Waals surface area contributed by atoms with Crippen molar-refractivity contribution in [2.24, 2.45) is 0 Å². The number of rotatable bonds is 12. The first-order valence-electron chi connectivity index (χ1n) is 11.8. The smallest absolute Gasteiger partial charge is 0.192 e. The van der Waals surface area contributed by atoms with Crippen LogP contribution in [-0.4, -0.2) is 46.7 Å². The summed E-state index contributed by atoms with van der Waals surface area (Å²) < 4.78 is 19.8. The van der Waals surface area contributed by atoms with Gasteiger partial charge in [0.1, 0.15) is 6.10 Å². The van der Waals surface area contributed by atoms with Crippen molar-refractivity contribution in [2.45, 2.75) is 109 Å². The first kappa shape index (κ1) is 29.3. The standard InChI is InChI=1S/C26H48O4Si2/c1-12-16-22(27)24(30-32(10,11)26(5,6)7)23(20-29-31(8,9)25(2,3)4)28-19-21-17-14-13-15-18-21/h12-15,17-18,22-24,27H,1,16,19-20H2,2-11H3/t22-,23+,24-/m0/s1. The first-order chi connectivity index (χ1) is 14.5. The van der Waals surface area contributed by atoms with E-state index in [4.69, 9.17) is 13.6 Å². The van der Waals surface area contributed by atoms with Gasteiger partial charge in [-0.2, -0.15) is 0 Å². The lowest BCUT2D eigenvalue weighted by molar-refractivity contribution is -0.103. The number of aliphatic hydroxyl groups is 1. The van der Waals surface area contributed by atoms with Gasteiger partial charge in [-0.25, -0.2) is 0 Å². The molecule has 4 nitrogen and oxygen atoms in total. The van der Waals surface area contributed by atoms with Crippen molar-refractivity contribution in [1.82, 2.24) is 0 Å². The Balaban J connectivity index is 3.23. The van der Waals surface area contributed by atoms with Gasteiger partial charge in [0.2, 0.25) is 0 Å². The molecule has 1 aromatic carbocycles. The number of benzene rings is 1. The Morgan fingerprint density at radius 3 is 1.94 bits per heavy atom. The van der Waals surface area contributed by atoms with Crippen molar-refractivity contribution in [3.8, 4) is 0 Å². The van der Waals surface area contributed by atoms with Crippen LogP contribution in [0.2, 0.25) is 36.3 Å². The molecule has 3 atom stereocenters. The molecular formula is C26H48O4Si2. The molecule has 6 heteroatoms. The Bertz CT molecular complexity index is 690. The molecule has 0 spiro atoms. The number of ether oxygens (including phenoxy) is 1. The minimum Gasteiger partial charge on any atom is -0.414 e. The molecule has 1 rings (SSSR count). The summed E-state index contributed by atoms with van der Waals surface area (Å²) in [5.74, 6) is 0. The van der Waals surface area contributed by atoms with E-state index < -0.39 is 28.8 Å².